The number of benzene rings is 1. The number of hydrogen-bond donors (Lipinski definition) is 1. The molecule has 10 heteroatoms. The van der Waals surface area contributed by atoms with Crippen LogP contribution < -0.4 is 5.73 Å². The van der Waals surface area contributed by atoms with Crippen LogP contribution in [-0.4, -0.2) is 42.0 Å². The summed E-state index contributed by atoms with van der Waals surface area (Å²) >= 11 is 0. The largest absolute Gasteiger partial charge is 0.466 e. The monoisotopic (exact) mass is 510 g/mol. The molecule has 2 atom stereocenters. The van der Waals surface area contributed by atoms with Gasteiger partial charge >= 0.3 is 18.1 Å². The van der Waals surface area contributed by atoms with E-state index in [1.54, 1.807) is 27.7 Å². The van der Waals surface area contributed by atoms with E-state index in [0.717, 1.165) is 19.2 Å². The number of ether oxygens (including phenoxy) is 2. The van der Waals surface area contributed by atoms with E-state index in [1.165, 1.54) is 37.0 Å². The normalized spacial score (nSPS) is 18.4. The van der Waals surface area contributed by atoms with Gasteiger partial charge in [-0.15, -0.1) is 0 Å². The van der Waals surface area contributed by atoms with Crippen LogP contribution >= 0.6 is 0 Å². The Morgan fingerprint density at radius 3 is 2.19 bits per heavy atom. The second kappa shape index (κ2) is 10.5. The lowest BCUT2D eigenvalue weighted by atomic mass is 9.81. The average Bonchev–Trinajstić information content (AvgIpc) is 2.76. The van der Waals surface area contributed by atoms with Crippen molar-refractivity contribution in [2.45, 2.75) is 65.7 Å². The maximum atomic E-state index is 13.7. The first-order valence-corrected chi connectivity index (χ1v) is 11.4. The molecule has 0 aromatic heterocycles. The predicted molar refractivity (Wildman–Crippen MR) is 127 cm³/mol. The third-order valence-corrected chi connectivity index (χ3v) is 5.90. The van der Waals surface area contributed by atoms with Crippen LogP contribution in [0.15, 0.2) is 47.3 Å². The Balaban J connectivity index is 2.56. The maximum absolute atomic E-state index is 13.7. The Hall–Kier alpha value is -3.14. The number of carbonyl (C=O) groups is 3. The van der Waals surface area contributed by atoms with Crippen molar-refractivity contribution in [3.8, 4) is 0 Å². The topological polar surface area (TPSA) is 98.9 Å². The summed E-state index contributed by atoms with van der Waals surface area (Å²) in [6, 6.07) is 4.64. The van der Waals surface area contributed by atoms with Crippen LogP contribution in [0.2, 0.25) is 0 Å². The highest BCUT2D eigenvalue weighted by Crippen LogP contribution is 2.41. The molecule has 2 unspecified atom stereocenters. The van der Waals surface area contributed by atoms with Gasteiger partial charge in [0, 0.05) is 23.9 Å². The molecule has 0 fully saturated rings. The molecule has 7 nitrogen and oxygen atoms in total. The third-order valence-electron chi connectivity index (χ3n) is 5.90. The Bertz CT molecular complexity index is 1100. The van der Waals surface area contributed by atoms with Gasteiger partial charge in [-0.05, 0) is 53.2 Å². The Kier molecular flexibility index (Phi) is 8.45. The van der Waals surface area contributed by atoms with E-state index in [9.17, 15) is 27.6 Å². The number of methoxy groups -OCH3 is 1. The van der Waals surface area contributed by atoms with Crippen molar-refractivity contribution in [2.24, 2.45) is 11.1 Å². The van der Waals surface area contributed by atoms with Gasteiger partial charge in [-0.25, -0.2) is 4.79 Å². The van der Waals surface area contributed by atoms with Crippen molar-refractivity contribution in [1.29, 1.82) is 0 Å². The first-order chi connectivity index (χ1) is 16.4. The number of hydrogen-bond acceptors (Lipinski definition) is 6. The number of carbonyl (C=O) groups excluding carboxylic acids is 3. The number of halogens is 3. The minimum atomic E-state index is -4.57. The molecule has 1 aromatic carbocycles. The molecular formula is C26H33F3N2O5. The second-order valence-electron chi connectivity index (χ2n) is 10.1. The molecule has 1 aromatic rings. The number of nitrogens with zero attached hydrogens (tertiary/aromatic N) is 1. The van der Waals surface area contributed by atoms with Gasteiger partial charge in [0.05, 0.1) is 30.1 Å². The van der Waals surface area contributed by atoms with Gasteiger partial charge in [0.2, 0.25) is 5.91 Å². The summed E-state index contributed by atoms with van der Waals surface area (Å²) in [7, 11) is 1.15. The summed E-state index contributed by atoms with van der Waals surface area (Å²) in [6.07, 6.45) is -3.35. The summed E-state index contributed by atoms with van der Waals surface area (Å²) in [4.78, 5) is 40.3. The molecule has 1 aliphatic rings. The molecule has 0 saturated carbocycles. The quantitative estimate of drug-likeness (QED) is 0.558. The third kappa shape index (κ3) is 6.34. The number of allylic oxidation sites excluding steroid dienone is 3. The van der Waals surface area contributed by atoms with Crippen LogP contribution in [0.3, 0.4) is 0 Å². The van der Waals surface area contributed by atoms with Crippen molar-refractivity contribution in [3.63, 3.8) is 0 Å². The van der Waals surface area contributed by atoms with Crippen LogP contribution in [0.4, 0.5) is 13.2 Å². The fraction of sp³-hybridized carbons (Fsp3) is 0.500. The molecule has 0 aliphatic carbocycles. The number of esters is 2. The Labute approximate surface area is 209 Å². The number of alkyl halides is 3. The molecular weight excluding hydrogens is 477 g/mol. The maximum Gasteiger partial charge on any atom is 0.416 e. The zero-order valence-electron chi connectivity index (χ0n) is 21.6. The van der Waals surface area contributed by atoms with Crippen molar-refractivity contribution in [1.82, 2.24) is 4.90 Å². The molecule has 2 rings (SSSR count). The van der Waals surface area contributed by atoms with Crippen molar-refractivity contribution < 1.29 is 37.0 Å². The fourth-order valence-corrected chi connectivity index (χ4v) is 4.08. The summed E-state index contributed by atoms with van der Waals surface area (Å²) in [5.41, 5.74) is 3.70. The van der Waals surface area contributed by atoms with Crippen molar-refractivity contribution in [3.05, 3.63) is 58.4 Å². The molecule has 36 heavy (non-hydrogen) atoms. The summed E-state index contributed by atoms with van der Waals surface area (Å²) in [6.45, 7) is 9.55. The van der Waals surface area contributed by atoms with E-state index in [1.807, 2.05) is 0 Å². The SMILES string of the molecule is COC(=O)C1=C(C)N(C(=O)C(C)(CN)CC(=O)OC(C)(C)C)C(C)=CC1c1cccc(C(F)(F)F)c1. The summed E-state index contributed by atoms with van der Waals surface area (Å²) in [5.74, 6) is -2.85. The van der Waals surface area contributed by atoms with E-state index >= 15 is 0 Å². The highest BCUT2D eigenvalue weighted by molar-refractivity contribution is 5.96. The highest BCUT2D eigenvalue weighted by atomic mass is 19.4. The average molecular weight is 511 g/mol. The molecule has 1 heterocycles. The minimum Gasteiger partial charge on any atom is -0.466 e. The predicted octanol–water partition coefficient (Wildman–Crippen LogP) is 4.68. The molecule has 0 spiro atoms. The first-order valence-electron chi connectivity index (χ1n) is 11.4. The lowest BCUT2D eigenvalue weighted by molar-refractivity contribution is -0.161. The number of nitrogens with two attached hydrogens (primary N) is 1. The van der Waals surface area contributed by atoms with Crippen LogP contribution in [0.1, 0.15) is 65.0 Å². The smallest absolute Gasteiger partial charge is 0.416 e. The summed E-state index contributed by atoms with van der Waals surface area (Å²) < 4.78 is 50.3. The van der Waals surface area contributed by atoms with Crippen molar-refractivity contribution in [2.75, 3.05) is 13.7 Å². The Morgan fingerprint density at radius 1 is 1.08 bits per heavy atom. The van der Waals surface area contributed by atoms with Crippen LogP contribution in [0, 0.1) is 5.41 Å². The highest BCUT2D eigenvalue weighted by Gasteiger charge is 2.43. The zero-order chi connectivity index (χ0) is 27.6. The van der Waals surface area contributed by atoms with Gasteiger partial charge in [-0.2, -0.15) is 13.2 Å². The van der Waals surface area contributed by atoms with Gasteiger partial charge in [-0.3, -0.25) is 14.5 Å². The van der Waals surface area contributed by atoms with Crippen LogP contribution in [0.5, 0.6) is 0 Å². The fourth-order valence-electron chi connectivity index (χ4n) is 4.08. The number of rotatable bonds is 6. The van der Waals surface area contributed by atoms with E-state index in [2.05, 4.69) is 0 Å². The molecule has 0 bridgehead atoms. The molecule has 1 aliphatic heterocycles. The van der Waals surface area contributed by atoms with Gasteiger partial charge in [0.1, 0.15) is 5.60 Å². The van der Waals surface area contributed by atoms with E-state index in [4.69, 9.17) is 15.2 Å². The van der Waals surface area contributed by atoms with E-state index < -0.39 is 46.5 Å². The van der Waals surface area contributed by atoms with E-state index in [-0.39, 0.29) is 29.8 Å². The molecule has 198 valence electrons. The summed E-state index contributed by atoms with van der Waals surface area (Å²) in [5, 5.41) is 0. The molecule has 2 N–H and O–H groups in total. The van der Waals surface area contributed by atoms with Gasteiger partial charge in [0.15, 0.2) is 0 Å². The molecule has 0 saturated heterocycles. The standard InChI is InChI=1S/C26H33F3N2O5/c1-15-11-19(17-9-8-10-18(12-17)26(27,28)29)21(22(33)35-7)16(2)31(15)23(34)25(6,14-30)13-20(32)36-24(3,4)5/h8-12,19H,13-14,30H2,1-7H3. The lowest BCUT2D eigenvalue weighted by Gasteiger charge is -2.38. The Morgan fingerprint density at radius 2 is 1.69 bits per heavy atom. The molecule has 1 amide bonds. The first kappa shape index (κ1) is 29.1. The lowest BCUT2D eigenvalue weighted by Crippen LogP contribution is -2.48. The number of amides is 1. The van der Waals surface area contributed by atoms with Gasteiger partial charge < -0.3 is 15.2 Å². The van der Waals surface area contributed by atoms with Crippen LogP contribution in [0.25, 0.3) is 0 Å². The van der Waals surface area contributed by atoms with Crippen molar-refractivity contribution >= 4 is 17.8 Å². The van der Waals surface area contributed by atoms with Gasteiger partial charge in [-0.1, -0.05) is 24.3 Å². The van der Waals surface area contributed by atoms with Gasteiger partial charge in [0.25, 0.3) is 0 Å². The zero-order valence-corrected chi connectivity index (χ0v) is 21.6. The van der Waals surface area contributed by atoms with Crippen LogP contribution in [-0.2, 0) is 30.0 Å². The molecule has 0 radical (unpaired) electrons. The second-order valence-corrected chi connectivity index (χ2v) is 10.1. The van der Waals surface area contributed by atoms with E-state index in [0.29, 0.717) is 5.70 Å². The minimum absolute atomic E-state index is 0.00686.